The first-order valence-corrected chi connectivity index (χ1v) is 8.17. The van der Waals surface area contributed by atoms with Crippen LogP contribution in [0.2, 0.25) is 0 Å². The van der Waals surface area contributed by atoms with Crippen molar-refractivity contribution in [3.63, 3.8) is 0 Å². The molecular weight excluding hydrogens is 321 g/mol. The van der Waals surface area contributed by atoms with Crippen molar-refractivity contribution in [2.45, 2.75) is 25.5 Å². The van der Waals surface area contributed by atoms with Crippen LogP contribution in [0.15, 0.2) is 60.7 Å². The van der Waals surface area contributed by atoms with Crippen LogP contribution in [0, 0.1) is 0 Å². The van der Waals surface area contributed by atoms with Gasteiger partial charge in [-0.3, -0.25) is 4.79 Å². The standard InChI is InChI=1S/C20H22FNO3/c1-15(22(2)19(23)16-9-5-3-6-10-16)13-18(14-21)25-20(24)17-11-7-4-8-12-17/h3-12,15,18H,13-14H2,1-2H3. The summed E-state index contributed by atoms with van der Waals surface area (Å²) >= 11 is 0. The van der Waals surface area contributed by atoms with Crippen LogP contribution < -0.4 is 0 Å². The number of rotatable bonds is 7. The smallest absolute Gasteiger partial charge is 0.338 e. The highest BCUT2D eigenvalue weighted by atomic mass is 19.1. The van der Waals surface area contributed by atoms with E-state index in [0.717, 1.165) is 0 Å². The fraction of sp³-hybridized carbons (Fsp3) is 0.300. The molecule has 1 amide bonds. The lowest BCUT2D eigenvalue weighted by atomic mass is 10.1. The van der Waals surface area contributed by atoms with Crippen LogP contribution >= 0.6 is 0 Å². The molecule has 0 aromatic heterocycles. The van der Waals surface area contributed by atoms with Gasteiger partial charge >= 0.3 is 5.97 Å². The van der Waals surface area contributed by atoms with Crippen molar-refractivity contribution in [3.8, 4) is 0 Å². The van der Waals surface area contributed by atoms with E-state index in [1.807, 2.05) is 6.07 Å². The van der Waals surface area contributed by atoms with Gasteiger partial charge in [0.1, 0.15) is 12.8 Å². The van der Waals surface area contributed by atoms with Crippen LogP contribution in [0.25, 0.3) is 0 Å². The Morgan fingerprint density at radius 2 is 1.52 bits per heavy atom. The zero-order valence-electron chi connectivity index (χ0n) is 14.4. The molecule has 2 aromatic rings. The summed E-state index contributed by atoms with van der Waals surface area (Å²) in [5, 5.41) is 0. The molecule has 5 heteroatoms. The molecule has 0 bridgehead atoms. The van der Waals surface area contributed by atoms with Gasteiger partial charge in [0.2, 0.25) is 0 Å². The second kappa shape index (κ2) is 8.97. The molecule has 0 saturated heterocycles. The SMILES string of the molecule is CC(CC(CF)OC(=O)c1ccccc1)N(C)C(=O)c1ccccc1. The molecule has 0 aliphatic rings. The van der Waals surface area contributed by atoms with Gasteiger partial charge in [-0.15, -0.1) is 0 Å². The normalized spacial score (nSPS) is 12.9. The molecule has 0 saturated carbocycles. The molecule has 4 nitrogen and oxygen atoms in total. The second-order valence-corrected chi connectivity index (χ2v) is 5.91. The number of esters is 1. The maximum atomic E-state index is 13.3. The van der Waals surface area contributed by atoms with Crippen LogP contribution in [0.1, 0.15) is 34.1 Å². The summed E-state index contributed by atoms with van der Waals surface area (Å²) in [6.45, 7) is 1.01. The van der Waals surface area contributed by atoms with Crippen molar-refractivity contribution in [1.29, 1.82) is 0 Å². The highest BCUT2D eigenvalue weighted by molar-refractivity contribution is 5.94. The third kappa shape index (κ3) is 5.14. The van der Waals surface area contributed by atoms with Crippen LogP contribution in [0.5, 0.6) is 0 Å². The minimum atomic E-state index is -0.895. The molecule has 0 aliphatic heterocycles. The average Bonchev–Trinajstić information content (AvgIpc) is 2.67. The summed E-state index contributed by atoms with van der Waals surface area (Å²) in [6.07, 6.45) is -0.668. The topological polar surface area (TPSA) is 46.6 Å². The lowest BCUT2D eigenvalue weighted by Gasteiger charge is -2.27. The number of alkyl halides is 1. The molecule has 0 fully saturated rings. The van der Waals surface area contributed by atoms with E-state index in [1.165, 1.54) is 4.90 Å². The van der Waals surface area contributed by atoms with Gasteiger partial charge in [0, 0.05) is 25.1 Å². The summed E-state index contributed by atoms with van der Waals surface area (Å²) in [4.78, 5) is 26.0. The van der Waals surface area contributed by atoms with Gasteiger partial charge in [-0.25, -0.2) is 9.18 Å². The first-order chi connectivity index (χ1) is 12.0. The summed E-state index contributed by atoms with van der Waals surface area (Å²) in [6, 6.07) is 17.1. The van der Waals surface area contributed by atoms with Gasteiger partial charge in [-0.05, 0) is 31.2 Å². The number of carbonyl (C=O) groups excluding carboxylic acids is 2. The molecular formula is C20H22FNO3. The molecule has 0 radical (unpaired) electrons. The van der Waals surface area contributed by atoms with Crippen molar-refractivity contribution in [2.24, 2.45) is 0 Å². The van der Waals surface area contributed by atoms with Crippen molar-refractivity contribution in [2.75, 3.05) is 13.7 Å². The number of amides is 1. The predicted molar refractivity (Wildman–Crippen MR) is 94.2 cm³/mol. The fourth-order valence-corrected chi connectivity index (χ4v) is 2.46. The van der Waals surface area contributed by atoms with E-state index in [0.29, 0.717) is 11.1 Å². The molecule has 132 valence electrons. The molecule has 2 unspecified atom stereocenters. The lowest BCUT2D eigenvalue weighted by Crippen LogP contribution is -2.38. The first kappa shape index (κ1) is 18.6. The van der Waals surface area contributed by atoms with Crippen LogP contribution in [-0.2, 0) is 4.74 Å². The summed E-state index contributed by atoms with van der Waals surface area (Å²) in [5.41, 5.74) is 0.942. The predicted octanol–water partition coefficient (Wildman–Crippen LogP) is 3.73. The Labute approximate surface area is 147 Å². The first-order valence-electron chi connectivity index (χ1n) is 8.17. The Balaban J connectivity index is 1.96. The number of benzene rings is 2. The Hall–Kier alpha value is -2.69. The van der Waals surface area contributed by atoms with Crippen LogP contribution in [-0.4, -0.2) is 42.6 Å². The number of nitrogens with zero attached hydrogens (tertiary/aromatic N) is 1. The van der Waals surface area contributed by atoms with Gasteiger partial charge in [-0.2, -0.15) is 0 Å². The number of hydrogen-bond acceptors (Lipinski definition) is 3. The van der Waals surface area contributed by atoms with Crippen molar-refractivity contribution in [3.05, 3.63) is 71.8 Å². The van der Waals surface area contributed by atoms with Crippen molar-refractivity contribution < 1.29 is 18.7 Å². The minimum Gasteiger partial charge on any atom is -0.456 e. The highest BCUT2D eigenvalue weighted by Crippen LogP contribution is 2.14. The van der Waals surface area contributed by atoms with Gasteiger partial charge in [0.05, 0.1) is 5.56 Å². The monoisotopic (exact) mass is 343 g/mol. The quantitative estimate of drug-likeness (QED) is 0.720. The molecule has 0 aliphatic carbocycles. The van der Waals surface area contributed by atoms with E-state index in [4.69, 9.17) is 4.74 Å². The lowest BCUT2D eigenvalue weighted by molar-refractivity contribution is 0.0153. The molecule has 2 aromatic carbocycles. The van der Waals surface area contributed by atoms with E-state index in [1.54, 1.807) is 68.6 Å². The second-order valence-electron chi connectivity index (χ2n) is 5.91. The number of ether oxygens (including phenoxy) is 1. The maximum absolute atomic E-state index is 13.3. The molecule has 0 heterocycles. The average molecular weight is 343 g/mol. The Bertz CT molecular complexity index is 691. The Kier molecular flexibility index (Phi) is 6.69. The minimum absolute atomic E-state index is 0.153. The van der Waals surface area contributed by atoms with Gasteiger partial charge in [-0.1, -0.05) is 36.4 Å². The van der Waals surface area contributed by atoms with Gasteiger partial charge in [0.25, 0.3) is 5.91 Å². The maximum Gasteiger partial charge on any atom is 0.338 e. The van der Waals surface area contributed by atoms with Crippen molar-refractivity contribution in [1.82, 2.24) is 4.90 Å². The molecule has 0 spiro atoms. The zero-order chi connectivity index (χ0) is 18.2. The summed E-state index contributed by atoms with van der Waals surface area (Å²) in [7, 11) is 1.66. The highest BCUT2D eigenvalue weighted by Gasteiger charge is 2.23. The van der Waals surface area contributed by atoms with E-state index >= 15 is 0 Å². The number of carbonyl (C=O) groups is 2. The molecule has 2 atom stereocenters. The summed E-state index contributed by atoms with van der Waals surface area (Å²) in [5.74, 6) is -0.715. The third-order valence-corrected chi connectivity index (χ3v) is 4.06. The number of hydrogen-bond donors (Lipinski definition) is 0. The van der Waals surface area contributed by atoms with Crippen molar-refractivity contribution >= 4 is 11.9 Å². The molecule has 0 N–H and O–H groups in total. The van der Waals surface area contributed by atoms with Gasteiger partial charge < -0.3 is 9.64 Å². The number of halogens is 1. The van der Waals surface area contributed by atoms with E-state index < -0.39 is 18.7 Å². The zero-order valence-corrected chi connectivity index (χ0v) is 14.4. The molecule has 25 heavy (non-hydrogen) atoms. The third-order valence-electron chi connectivity index (χ3n) is 4.06. The molecule has 2 rings (SSSR count). The van der Waals surface area contributed by atoms with E-state index in [-0.39, 0.29) is 18.4 Å². The van der Waals surface area contributed by atoms with E-state index in [9.17, 15) is 14.0 Å². The van der Waals surface area contributed by atoms with Gasteiger partial charge in [0.15, 0.2) is 0 Å². The van der Waals surface area contributed by atoms with E-state index in [2.05, 4.69) is 0 Å². The largest absolute Gasteiger partial charge is 0.456 e. The van der Waals surface area contributed by atoms with Crippen LogP contribution in [0.4, 0.5) is 4.39 Å². The van der Waals surface area contributed by atoms with Crippen LogP contribution in [0.3, 0.4) is 0 Å². The fourth-order valence-electron chi connectivity index (χ4n) is 2.46. The Morgan fingerprint density at radius 3 is 2.04 bits per heavy atom. The summed E-state index contributed by atoms with van der Waals surface area (Å²) < 4.78 is 18.5. The Morgan fingerprint density at radius 1 is 1.00 bits per heavy atom.